The molecule has 0 bridgehead atoms. The molecule has 1 atom stereocenters. The standard InChI is InChI=1S/C19H26N2O2/c1-14(2)11-19(3,13-20)21-18(22)12-23-17-9-8-15-6-4-5-7-16(15)10-17/h4-10,14H,11-13,20H2,1-3H3,(H,21,22). The molecule has 2 rings (SSSR count). The fraction of sp³-hybridized carbons (Fsp3) is 0.421. The Morgan fingerprint density at radius 1 is 1.22 bits per heavy atom. The summed E-state index contributed by atoms with van der Waals surface area (Å²) in [5.41, 5.74) is 5.43. The molecule has 0 saturated heterocycles. The molecule has 1 amide bonds. The third-order valence-corrected chi connectivity index (χ3v) is 3.84. The largest absolute Gasteiger partial charge is 0.484 e. The third-order valence-electron chi connectivity index (χ3n) is 3.84. The molecule has 2 aromatic carbocycles. The Hall–Kier alpha value is -2.07. The fourth-order valence-corrected chi connectivity index (χ4v) is 2.87. The van der Waals surface area contributed by atoms with Gasteiger partial charge in [0.25, 0.3) is 5.91 Å². The van der Waals surface area contributed by atoms with Crippen LogP contribution in [-0.2, 0) is 4.79 Å². The molecule has 0 radical (unpaired) electrons. The number of amides is 1. The van der Waals surface area contributed by atoms with Crippen molar-refractivity contribution in [3.05, 3.63) is 42.5 Å². The van der Waals surface area contributed by atoms with Gasteiger partial charge in [0.05, 0.1) is 0 Å². The number of carbonyl (C=O) groups excluding carboxylic acids is 1. The van der Waals surface area contributed by atoms with E-state index in [1.54, 1.807) is 0 Å². The van der Waals surface area contributed by atoms with Crippen molar-refractivity contribution < 1.29 is 9.53 Å². The van der Waals surface area contributed by atoms with Crippen molar-refractivity contribution in [2.45, 2.75) is 32.7 Å². The van der Waals surface area contributed by atoms with Gasteiger partial charge in [-0.15, -0.1) is 0 Å². The van der Waals surface area contributed by atoms with Gasteiger partial charge in [0.2, 0.25) is 0 Å². The monoisotopic (exact) mass is 314 g/mol. The SMILES string of the molecule is CC(C)CC(C)(CN)NC(=O)COc1ccc2ccccc2c1. The minimum atomic E-state index is -0.391. The highest BCUT2D eigenvalue weighted by Crippen LogP contribution is 2.20. The first-order valence-electron chi connectivity index (χ1n) is 8.04. The maximum atomic E-state index is 12.1. The Labute approximate surface area is 138 Å². The topological polar surface area (TPSA) is 64.3 Å². The molecule has 0 aromatic heterocycles. The van der Waals surface area contributed by atoms with Crippen molar-refractivity contribution in [2.24, 2.45) is 11.7 Å². The summed E-state index contributed by atoms with van der Waals surface area (Å²) < 4.78 is 5.62. The summed E-state index contributed by atoms with van der Waals surface area (Å²) in [6, 6.07) is 13.9. The van der Waals surface area contributed by atoms with Gasteiger partial charge in [0, 0.05) is 12.1 Å². The van der Waals surface area contributed by atoms with Crippen LogP contribution in [0, 0.1) is 5.92 Å². The van der Waals surface area contributed by atoms with Crippen LogP contribution in [0.1, 0.15) is 27.2 Å². The number of nitrogens with two attached hydrogens (primary N) is 1. The molecule has 124 valence electrons. The Bertz CT molecular complexity index is 669. The van der Waals surface area contributed by atoms with Crippen molar-refractivity contribution in [2.75, 3.05) is 13.2 Å². The van der Waals surface area contributed by atoms with Crippen LogP contribution in [0.25, 0.3) is 10.8 Å². The minimum Gasteiger partial charge on any atom is -0.484 e. The van der Waals surface area contributed by atoms with Gasteiger partial charge < -0.3 is 15.8 Å². The number of rotatable bonds is 7. The number of nitrogens with one attached hydrogen (secondary N) is 1. The van der Waals surface area contributed by atoms with Crippen LogP contribution in [0.5, 0.6) is 5.75 Å². The number of fused-ring (bicyclic) bond motifs is 1. The molecule has 0 heterocycles. The van der Waals surface area contributed by atoms with E-state index in [2.05, 4.69) is 19.2 Å². The maximum absolute atomic E-state index is 12.1. The minimum absolute atomic E-state index is 0.00791. The Kier molecular flexibility index (Phi) is 5.61. The summed E-state index contributed by atoms with van der Waals surface area (Å²) in [7, 11) is 0. The maximum Gasteiger partial charge on any atom is 0.258 e. The van der Waals surface area contributed by atoms with Crippen LogP contribution in [0.15, 0.2) is 42.5 Å². The second kappa shape index (κ2) is 7.47. The van der Waals surface area contributed by atoms with E-state index in [-0.39, 0.29) is 12.5 Å². The fourth-order valence-electron chi connectivity index (χ4n) is 2.87. The molecule has 1 unspecified atom stereocenters. The molecular formula is C19H26N2O2. The first-order valence-corrected chi connectivity index (χ1v) is 8.04. The zero-order valence-electron chi connectivity index (χ0n) is 14.1. The van der Waals surface area contributed by atoms with E-state index < -0.39 is 5.54 Å². The summed E-state index contributed by atoms with van der Waals surface area (Å²) >= 11 is 0. The number of ether oxygens (including phenoxy) is 1. The Morgan fingerprint density at radius 3 is 2.57 bits per heavy atom. The van der Waals surface area contributed by atoms with E-state index in [4.69, 9.17) is 10.5 Å². The number of hydrogen-bond donors (Lipinski definition) is 2. The van der Waals surface area contributed by atoms with Crippen molar-refractivity contribution in [3.63, 3.8) is 0 Å². The first kappa shape index (κ1) is 17.3. The summed E-state index contributed by atoms with van der Waals surface area (Å²) in [5.74, 6) is 1.01. The van der Waals surface area contributed by atoms with Gasteiger partial charge in [0.1, 0.15) is 5.75 Å². The molecule has 3 N–H and O–H groups in total. The lowest BCUT2D eigenvalue weighted by Gasteiger charge is -2.31. The average molecular weight is 314 g/mol. The van der Waals surface area contributed by atoms with E-state index in [0.717, 1.165) is 17.2 Å². The first-order chi connectivity index (χ1) is 10.9. The molecule has 0 saturated carbocycles. The lowest BCUT2D eigenvalue weighted by Crippen LogP contribution is -2.53. The van der Waals surface area contributed by atoms with E-state index in [9.17, 15) is 4.79 Å². The molecule has 0 spiro atoms. The van der Waals surface area contributed by atoms with Crippen molar-refractivity contribution in [1.82, 2.24) is 5.32 Å². The highest BCUT2D eigenvalue weighted by Gasteiger charge is 2.25. The van der Waals surface area contributed by atoms with Gasteiger partial charge >= 0.3 is 0 Å². The average Bonchev–Trinajstić information content (AvgIpc) is 2.52. The van der Waals surface area contributed by atoms with Crippen LogP contribution >= 0.6 is 0 Å². The number of carbonyl (C=O) groups is 1. The molecule has 4 heteroatoms. The second-order valence-electron chi connectivity index (χ2n) is 6.71. The lowest BCUT2D eigenvalue weighted by molar-refractivity contribution is -0.125. The van der Waals surface area contributed by atoms with Crippen LogP contribution in [0.2, 0.25) is 0 Å². The van der Waals surface area contributed by atoms with Gasteiger partial charge in [-0.2, -0.15) is 0 Å². The predicted octanol–water partition coefficient (Wildman–Crippen LogP) is 3.10. The van der Waals surface area contributed by atoms with E-state index in [1.165, 1.54) is 0 Å². The molecule has 0 fully saturated rings. The quantitative estimate of drug-likeness (QED) is 0.825. The lowest BCUT2D eigenvalue weighted by atomic mass is 9.91. The summed E-state index contributed by atoms with van der Waals surface area (Å²) in [6.45, 7) is 6.61. The van der Waals surface area contributed by atoms with E-state index in [1.807, 2.05) is 49.4 Å². The normalized spacial score (nSPS) is 13.8. The highest BCUT2D eigenvalue weighted by atomic mass is 16.5. The summed E-state index contributed by atoms with van der Waals surface area (Å²) in [5, 5.41) is 5.24. The molecule has 4 nitrogen and oxygen atoms in total. The van der Waals surface area contributed by atoms with Gasteiger partial charge in [-0.25, -0.2) is 0 Å². The molecule has 23 heavy (non-hydrogen) atoms. The van der Waals surface area contributed by atoms with E-state index >= 15 is 0 Å². The van der Waals surface area contributed by atoms with Gasteiger partial charge in [-0.3, -0.25) is 4.79 Å². The van der Waals surface area contributed by atoms with Crippen LogP contribution < -0.4 is 15.8 Å². The van der Waals surface area contributed by atoms with Gasteiger partial charge in [-0.1, -0.05) is 44.2 Å². The number of hydrogen-bond acceptors (Lipinski definition) is 3. The Balaban J connectivity index is 1.94. The zero-order valence-corrected chi connectivity index (χ0v) is 14.1. The van der Waals surface area contributed by atoms with Gasteiger partial charge in [-0.05, 0) is 42.2 Å². The predicted molar refractivity (Wildman–Crippen MR) is 94.5 cm³/mol. The van der Waals surface area contributed by atoms with E-state index in [0.29, 0.717) is 18.2 Å². The number of benzene rings is 2. The molecule has 2 aromatic rings. The van der Waals surface area contributed by atoms with Crippen LogP contribution in [-0.4, -0.2) is 24.6 Å². The van der Waals surface area contributed by atoms with Crippen LogP contribution in [0.3, 0.4) is 0 Å². The van der Waals surface area contributed by atoms with Gasteiger partial charge in [0.15, 0.2) is 6.61 Å². The Morgan fingerprint density at radius 2 is 1.91 bits per heavy atom. The summed E-state index contributed by atoms with van der Waals surface area (Å²) in [6.07, 6.45) is 0.839. The van der Waals surface area contributed by atoms with Crippen molar-refractivity contribution >= 4 is 16.7 Å². The highest BCUT2D eigenvalue weighted by molar-refractivity contribution is 5.84. The molecule has 0 aliphatic heterocycles. The molecule has 0 aliphatic carbocycles. The summed E-state index contributed by atoms with van der Waals surface area (Å²) in [4.78, 5) is 12.1. The molecule has 0 aliphatic rings. The van der Waals surface area contributed by atoms with Crippen molar-refractivity contribution in [3.8, 4) is 5.75 Å². The van der Waals surface area contributed by atoms with Crippen molar-refractivity contribution in [1.29, 1.82) is 0 Å². The third kappa shape index (κ3) is 4.96. The molecular weight excluding hydrogens is 288 g/mol. The van der Waals surface area contributed by atoms with Crippen LogP contribution in [0.4, 0.5) is 0 Å². The smallest absolute Gasteiger partial charge is 0.258 e. The zero-order chi connectivity index (χ0) is 16.9. The second-order valence-corrected chi connectivity index (χ2v) is 6.71.